The van der Waals surface area contributed by atoms with Crippen LogP contribution in [0.5, 0.6) is 0 Å². The van der Waals surface area contributed by atoms with Crippen molar-refractivity contribution in [2.45, 2.75) is 64.4 Å². The standard InChI is InChI=1S/C23H32N2O5/c1-21(2,3)20-25-18(26)16-12-17(28-13-15-10-8-7-9-11-15)30-22(16,4)23(25,14-29-20)19(27)24(5)6/h7-11,16-17,20H,12-14H2,1-6H3/t16-,17?,20-,22-,23+/m0/s1. The van der Waals surface area contributed by atoms with Gasteiger partial charge in [-0.15, -0.1) is 0 Å². The number of carbonyl (C=O) groups is 2. The van der Waals surface area contributed by atoms with Crippen LogP contribution in [0.25, 0.3) is 0 Å². The Morgan fingerprint density at radius 3 is 2.53 bits per heavy atom. The van der Waals surface area contributed by atoms with Crippen LogP contribution in [0.1, 0.15) is 39.7 Å². The molecular weight excluding hydrogens is 384 g/mol. The molecule has 2 amide bonds. The molecule has 1 unspecified atom stereocenters. The number of hydrogen-bond donors (Lipinski definition) is 0. The van der Waals surface area contributed by atoms with Crippen LogP contribution in [0.3, 0.4) is 0 Å². The first kappa shape index (κ1) is 21.3. The fourth-order valence-electron chi connectivity index (χ4n) is 5.19. The molecule has 0 saturated carbocycles. The number of hydrogen-bond acceptors (Lipinski definition) is 5. The van der Waals surface area contributed by atoms with E-state index in [1.807, 2.05) is 58.0 Å². The Morgan fingerprint density at radius 2 is 1.93 bits per heavy atom. The van der Waals surface area contributed by atoms with Crippen molar-refractivity contribution in [1.29, 1.82) is 0 Å². The van der Waals surface area contributed by atoms with Gasteiger partial charge in [-0.1, -0.05) is 51.1 Å². The molecule has 1 aromatic carbocycles. The van der Waals surface area contributed by atoms with E-state index in [2.05, 4.69) is 0 Å². The molecule has 5 atom stereocenters. The molecule has 0 spiro atoms. The van der Waals surface area contributed by atoms with Crippen molar-refractivity contribution in [1.82, 2.24) is 9.80 Å². The molecule has 4 rings (SSSR count). The molecule has 7 heteroatoms. The second-order valence-corrected chi connectivity index (χ2v) is 10.0. The first-order valence-electron chi connectivity index (χ1n) is 10.5. The Balaban J connectivity index is 1.65. The molecule has 30 heavy (non-hydrogen) atoms. The van der Waals surface area contributed by atoms with E-state index in [1.54, 1.807) is 19.0 Å². The molecular formula is C23H32N2O5. The van der Waals surface area contributed by atoms with Crippen LogP contribution in [0.15, 0.2) is 30.3 Å². The highest BCUT2D eigenvalue weighted by molar-refractivity contribution is 5.99. The Bertz CT molecular complexity index is 836. The van der Waals surface area contributed by atoms with Crippen molar-refractivity contribution >= 4 is 11.8 Å². The van der Waals surface area contributed by atoms with Gasteiger partial charge in [0, 0.05) is 25.9 Å². The average molecular weight is 417 g/mol. The fourth-order valence-corrected chi connectivity index (χ4v) is 5.19. The molecule has 3 aliphatic heterocycles. The second kappa shape index (κ2) is 7.04. The highest BCUT2D eigenvalue weighted by Gasteiger charge is 2.78. The lowest BCUT2D eigenvalue weighted by molar-refractivity contribution is -0.202. The summed E-state index contributed by atoms with van der Waals surface area (Å²) in [5.74, 6) is -0.705. The van der Waals surface area contributed by atoms with E-state index in [0.29, 0.717) is 13.0 Å². The summed E-state index contributed by atoms with van der Waals surface area (Å²) in [6.45, 7) is 8.44. The van der Waals surface area contributed by atoms with Crippen molar-refractivity contribution in [3.63, 3.8) is 0 Å². The molecule has 0 radical (unpaired) electrons. The van der Waals surface area contributed by atoms with Crippen molar-refractivity contribution in [3.05, 3.63) is 35.9 Å². The predicted octanol–water partition coefficient (Wildman–Crippen LogP) is 2.40. The minimum Gasteiger partial charge on any atom is -0.355 e. The van der Waals surface area contributed by atoms with Gasteiger partial charge in [-0.3, -0.25) is 14.5 Å². The number of amides is 2. The van der Waals surface area contributed by atoms with Gasteiger partial charge in [-0.05, 0) is 12.5 Å². The van der Waals surface area contributed by atoms with Gasteiger partial charge < -0.3 is 19.1 Å². The van der Waals surface area contributed by atoms with E-state index in [0.717, 1.165) is 5.56 Å². The van der Waals surface area contributed by atoms with Gasteiger partial charge in [0.05, 0.1) is 19.1 Å². The van der Waals surface area contributed by atoms with Crippen molar-refractivity contribution in [2.75, 3.05) is 20.7 Å². The predicted molar refractivity (Wildman–Crippen MR) is 110 cm³/mol. The molecule has 164 valence electrons. The minimum atomic E-state index is -1.19. The minimum absolute atomic E-state index is 0.0871. The number of nitrogens with zero attached hydrogens (tertiary/aromatic N) is 2. The summed E-state index contributed by atoms with van der Waals surface area (Å²) in [6, 6.07) is 9.84. The summed E-state index contributed by atoms with van der Waals surface area (Å²) in [5, 5.41) is 0. The first-order valence-corrected chi connectivity index (χ1v) is 10.5. The van der Waals surface area contributed by atoms with E-state index in [9.17, 15) is 9.59 Å². The van der Waals surface area contributed by atoms with Crippen LogP contribution in [-0.4, -0.2) is 66.0 Å². The summed E-state index contributed by atoms with van der Waals surface area (Å²) in [7, 11) is 3.42. The number of ether oxygens (including phenoxy) is 3. The van der Waals surface area contributed by atoms with Crippen LogP contribution in [-0.2, 0) is 30.4 Å². The molecule has 3 saturated heterocycles. The van der Waals surface area contributed by atoms with Gasteiger partial charge in [0.1, 0.15) is 11.8 Å². The SMILES string of the molecule is CN(C)C(=O)[C@@]12CO[C@@H](C(C)(C)C)N1C(=O)[C@@H]1CC(OCc3ccccc3)O[C@@]12C. The lowest BCUT2D eigenvalue weighted by atomic mass is 9.76. The zero-order valence-corrected chi connectivity index (χ0v) is 18.7. The molecule has 3 heterocycles. The van der Waals surface area contributed by atoms with Crippen LogP contribution in [0, 0.1) is 11.3 Å². The lowest BCUT2D eigenvalue weighted by Gasteiger charge is -2.43. The zero-order chi connectivity index (χ0) is 21.9. The van der Waals surface area contributed by atoms with Crippen LogP contribution in [0.2, 0.25) is 0 Å². The number of benzene rings is 1. The zero-order valence-electron chi connectivity index (χ0n) is 18.7. The quantitative estimate of drug-likeness (QED) is 0.754. The third kappa shape index (κ3) is 2.90. The molecule has 1 aromatic rings. The summed E-state index contributed by atoms with van der Waals surface area (Å²) >= 11 is 0. The molecule has 0 bridgehead atoms. The van der Waals surface area contributed by atoms with Gasteiger partial charge in [-0.25, -0.2) is 0 Å². The maximum atomic E-state index is 13.6. The highest BCUT2D eigenvalue weighted by atomic mass is 16.7. The summed E-state index contributed by atoms with van der Waals surface area (Å²) < 4.78 is 18.5. The summed E-state index contributed by atoms with van der Waals surface area (Å²) in [6.07, 6.45) is -0.603. The maximum Gasteiger partial charge on any atom is 0.253 e. The van der Waals surface area contributed by atoms with Crippen molar-refractivity contribution < 1.29 is 23.8 Å². The number of rotatable bonds is 4. The van der Waals surface area contributed by atoms with Gasteiger partial charge >= 0.3 is 0 Å². The molecule has 0 N–H and O–H groups in total. The largest absolute Gasteiger partial charge is 0.355 e. The van der Waals surface area contributed by atoms with Crippen molar-refractivity contribution in [2.24, 2.45) is 11.3 Å². The number of carbonyl (C=O) groups excluding carboxylic acids is 2. The number of fused-ring (bicyclic) bond motifs is 3. The lowest BCUT2D eigenvalue weighted by Crippen LogP contribution is -2.67. The van der Waals surface area contributed by atoms with E-state index in [1.165, 1.54) is 4.90 Å². The maximum absolute atomic E-state index is 13.6. The van der Waals surface area contributed by atoms with Gasteiger partial charge in [0.25, 0.3) is 5.91 Å². The summed E-state index contributed by atoms with van der Waals surface area (Å²) in [5.41, 5.74) is -1.51. The molecule has 0 aliphatic carbocycles. The van der Waals surface area contributed by atoms with Crippen LogP contribution < -0.4 is 0 Å². The average Bonchev–Trinajstić information content (AvgIpc) is 3.30. The van der Waals surface area contributed by atoms with E-state index in [-0.39, 0.29) is 23.8 Å². The topological polar surface area (TPSA) is 68.3 Å². The Labute approximate surface area is 178 Å². The molecule has 3 aliphatic rings. The van der Waals surface area contributed by atoms with E-state index in [4.69, 9.17) is 14.2 Å². The Hall–Kier alpha value is -1.96. The molecule has 3 fully saturated rings. The summed E-state index contributed by atoms with van der Waals surface area (Å²) in [4.78, 5) is 30.4. The Morgan fingerprint density at radius 1 is 1.27 bits per heavy atom. The third-order valence-electron chi connectivity index (χ3n) is 6.70. The molecule has 0 aromatic heterocycles. The highest BCUT2D eigenvalue weighted by Crippen LogP contribution is 2.58. The van der Waals surface area contributed by atoms with Crippen molar-refractivity contribution in [3.8, 4) is 0 Å². The van der Waals surface area contributed by atoms with Gasteiger partial charge in [0.15, 0.2) is 11.8 Å². The number of likely N-dealkylation sites (N-methyl/N-ethyl adjacent to an activating group) is 1. The van der Waals surface area contributed by atoms with E-state index >= 15 is 0 Å². The third-order valence-corrected chi connectivity index (χ3v) is 6.70. The monoisotopic (exact) mass is 416 g/mol. The first-order chi connectivity index (χ1) is 14.0. The van der Waals surface area contributed by atoms with Crippen LogP contribution >= 0.6 is 0 Å². The Kier molecular flexibility index (Phi) is 4.99. The second-order valence-electron chi connectivity index (χ2n) is 10.0. The normalized spacial score (nSPS) is 35.5. The van der Waals surface area contributed by atoms with E-state index < -0.39 is 29.6 Å². The van der Waals surface area contributed by atoms with Crippen LogP contribution in [0.4, 0.5) is 0 Å². The molecule has 7 nitrogen and oxygen atoms in total. The van der Waals surface area contributed by atoms with Gasteiger partial charge in [0.2, 0.25) is 5.91 Å². The van der Waals surface area contributed by atoms with Gasteiger partial charge in [-0.2, -0.15) is 0 Å². The fraction of sp³-hybridized carbons (Fsp3) is 0.652. The smallest absolute Gasteiger partial charge is 0.253 e.